The SMILES string of the molecule is CCC1(OC(=O)C(C)(CC(C)C)C(C)C)CCCCCCC1. The second-order valence-corrected chi connectivity index (χ2v) is 8.36. The summed E-state index contributed by atoms with van der Waals surface area (Å²) in [7, 11) is 0. The minimum atomic E-state index is -0.362. The topological polar surface area (TPSA) is 26.3 Å². The van der Waals surface area contributed by atoms with Crippen molar-refractivity contribution in [1.82, 2.24) is 0 Å². The fraction of sp³-hybridized carbons (Fsp3) is 0.950. The minimum Gasteiger partial charge on any atom is -0.459 e. The quantitative estimate of drug-likeness (QED) is 0.551. The molecular formula is C20H38O2. The molecule has 0 aromatic heterocycles. The van der Waals surface area contributed by atoms with Crippen molar-refractivity contribution in [3.05, 3.63) is 0 Å². The largest absolute Gasteiger partial charge is 0.459 e. The van der Waals surface area contributed by atoms with Crippen LogP contribution in [0.3, 0.4) is 0 Å². The molecule has 0 N–H and O–H groups in total. The number of ether oxygens (including phenoxy) is 1. The number of carbonyl (C=O) groups excluding carboxylic acids is 1. The molecule has 2 nitrogen and oxygen atoms in total. The van der Waals surface area contributed by atoms with Crippen LogP contribution in [0, 0.1) is 17.3 Å². The van der Waals surface area contributed by atoms with E-state index in [1.165, 1.54) is 32.1 Å². The van der Waals surface area contributed by atoms with Gasteiger partial charge in [-0.2, -0.15) is 0 Å². The number of rotatable bonds is 6. The summed E-state index contributed by atoms with van der Waals surface area (Å²) in [5.74, 6) is 0.860. The zero-order chi connectivity index (χ0) is 16.8. The lowest BCUT2D eigenvalue weighted by atomic mass is 9.73. The van der Waals surface area contributed by atoms with Crippen LogP contribution in [0.5, 0.6) is 0 Å². The Morgan fingerprint density at radius 3 is 1.95 bits per heavy atom. The zero-order valence-electron chi connectivity index (χ0n) is 15.8. The van der Waals surface area contributed by atoms with Gasteiger partial charge < -0.3 is 4.74 Å². The number of hydrogen-bond acceptors (Lipinski definition) is 2. The van der Waals surface area contributed by atoms with Gasteiger partial charge in [-0.15, -0.1) is 0 Å². The standard InChI is InChI=1S/C20H38O2/c1-7-20(13-11-9-8-10-12-14-20)22-18(21)19(6,17(4)5)15-16(2)3/h16-17H,7-15H2,1-6H3. The Morgan fingerprint density at radius 2 is 1.55 bits per heavy atom. The van der Waals surface area contributed by atoms with Gasteiger partial charge in [-0.25, -0.2) is 0 Å². The lowest BCUT2D eigenvalue weighted by Crippen LogP contribution is -2.43. The van der Waals surface area contributed by atoms with Gasteiger partial charge in [0.25, 0.3) is 0 Å². The molecule has 1 saturated carbocycles. The Morgan fingerprint density at radius 1 is 1.05 bits per heavy atom. The molecule has 2 heteroatoms. The van der Waals surface area contributed by atoms with E-state index in [0.717, 1.165) is 25.7 Å². The summed E-state index contributed by atoms with van der Waals surface area (Å²) in [5.41, 5.74) is -0.566. The van der Waals surface area contributed by atoms with E-state index in [4.69, 9.17) is 4.74 Å². The highest BCUT2D eigenvalue weighted by molar-refractivity contribution is 5.77. The first kappa shape index (κ1) is 19.5. The first-order chi connectivity index (χ1) is 10.3. The summed E-state index contributed by atoms with van der Waals surface area (Å²) in [6.45, 7) is 13.0. The van der Waals surface area contributed by atoms with Crippen LogP contribution in [0.1, 0.15) is 99.3 Å². The Bertz CT molecular complexity index is 338. The van der Waals surface area contributed by atoms with Crippen molar-refractivity contribution in [2.45, 2.75) is 105 Å². The first-order valence-electron chi connectivity index (χ1n) is 9.49. The summed E-state index contributed by atoms with van der Waals surface area (Å²) < 4.78 is 6.25. The fourth-order valence-electron chi connectivity index (χ4n) is 3.79. The smallest absolute Gasteiger partial charge is 0.312 e. The second-order valence-electron chi connectivity index (χ2n) is 8.36. The monoisotopic (exact) mass is 310 g/mol. The molecular weight excluding hydrogens is 272 g/mol. The molecule has 1 aliphatic rings. The summed E-state index contributed by atoms with van der Waals surface area (Å²) in [5, 5.41) is 0. The highest BCUT2D eigenvalue weighted by Crippen LogP contribution is 2.40. The maximum absolute atomic E-state index is 13.1. The maximum Gasteiger partial charge on any atom is 0.312 e. The van der Waals surface area contributed by atoms with E-state index in [9.17, 15) is 4.79 Å². The van der Waals surface area contributed by atoms with Gasteiger partial charge >= 0.3 is 5.97 Å². The van der Waals surface area contributed by atoms with Crippen molar-refractivity contribution in [3.8, 4) is 0 Å². The molecule has 1 unspecified atom stereocenters. The summed E-state index contributed by atoms with van der Waals surface area (Å²) in [4.78, 5) is 13.1. The van der Waals surface area contributed by atoms with E-state index in [1.807, 2.05) is 0 Å². The van der Waals surface area contributed by atoms with Gasteiger partial charge in [0, 0.05) is 0 Å². The van der Waals surface area contributed by atoms with Crippen LogP contribution in [-0.2, 0) is 9.53 Å². The molecule has 0 aromatic rings. The molecule has 130 valence electrons. The molecule has 0 bridgehead atoms. The molecule has 0 aromatic carbocycles. The van der Waals surface area contributed by atoms with Crippen LogP contribution < -0.4 is 0 Å². The summed E-state index contributed by atoms with van der Waals surface area (Å²) in [6.07, 6.45) is 10.3. The van der Waals surface area contributed by atoms with E-state index in [1.54, 1.807) is 0 Å². The molecule has 22 heavy (non-hydrogen) atoms. The minimum absolute atomic E-state index is 0.0404. The van der Waals surface area contributed by atoms with E-state index in [-0.39, 0.29) is 17.0 Å². The van der Waals surface area contributed by atoms with Crippen LogP contribution in [0.4, 0.5) is 0 Å². The van der Waals surface area contributed by atoms with Crippen molar-refractivity contribution in [1.29, 1.82) is 0 Å². The normalized spacial score (nSPS) is 22.0. The van der Waals surface area contributed by atoms with Crippen LogP contribution in [0.15, 0.2) is 0 Å². The van der Waals surface area contributed by atoms with Gasteiger partial charge in [-0.1, -0.05) is 53.9 Å². The van der Waals surface area contributed by atoms with Gasteiger partial charge in [-0.3, -0.25) is 4.79 Å². The predicted molar refractivity (Wildman–Crippen MR) is 93.8 cm³/mol. The van der Waals surface area contributed by atoms with Gasteiger partial charge in [0.15, 0.2) is 0 Å². The van der Waals surface area contributed by atoms with E-state index < -0.39 is 0 Å². The van der Waals surface area contributed by atoms with E-state index in [0.29, 0.717) is 11.8 Å². The van der Waals surface area contributed by atoms with Gasteiger partial charge in [0.2, 0.25) is 0 Å². The third-order valence-corrected chi connectivity index (χ3v) is 5.79. The highest BCUT2D eigenvalue weighted by atomic mass is 16.6. The molecule has 0 heterocycles. The molecule has 1 atom stereocenters. The molecule has 1 aliphatic carbocycles. The molecule has 0 saturated heterocycles. The molecule has 0 radical (unpaired) electrons. The van der Waals surface area contributed by atoms with Crippen molar-refractivity contribution >= 4 is 5.97 Å². The van der Waals surface area contributed by atoms with Gasteiger partial charge in [-0.05, 0) is 57.3 Å². The highest BCUT2D eigenvalue weighted by Gasteiger charge is 2.43. The van der Waals surface area contributed by atoms with Crippen LogP contribution in [0.2, 0.25) is 0 Å². The maximum atomic E-state index is 13.1. The average molecular weight is 311 g/mol. The van der Waals surface area contributed by atoms with E-state index in [2.05, 4.69) is 41.5 Å². The van der Waals surface area contributed by atoms with Crippen molar-refractivity contribution in [3.63, 3.8) is 0 Å². The van der Waals surface area contributed by atoms with Gasteiger partial charge in [0.05, 0.1) is 5.41 Å². The van der Waals surface area contributed by atoms with Crippen LogP contribution in [-0.4, -0.2) is 11.6 Å². The average Bonchev–Trinajstić information content (AvgIpc) is 2.40. The fourth-order valence-corrected chi connectivity index (χ4v) is 3.79. The van der Waals surface area contributed by atoms with Crippen LogP contribution in [0.25, 0.3) is 0 Å². The number of carbonyl (C=O) groups is 1. The summed E-state index contributed by atoms with van der Waals surface area (Å²) in [6, 6.07) is 0. The van der Waals surface area contributed by atoms with Crippen molar-refractivity contribution < 1.29 is 9.53 Å². The third kappa shape index (κ3) is 4.99. The molecule has 1 rings (SSSR count). The lowest BCUT2D eigenvalue weighted by Gasteiger charge is -2.40. The third-order valence-electron chi connectivity index (χ3n) is 5.79. The van der Waals surface area contributed by atoms with Crippen molar-refractivity contribution in [2.24, 2.45) is 17.3 Å². The number of esters is 1. The van der Waals surface area contributed by atoms with Crippen molar-refractivity contribution in [2.75, 3.05) is 0 Å². The molecule has 1 fully saturated rings. The molecule has 0 aliphatic heterocycles. The van der Waals surface area contributed by atoms with E-state index >= 15 is 0 Å². The Kier molecular flexibility index (Phi) is 7.41. The predicted octanol–water partition coefficient (Wildman–Crippen LogP) is 6.13. The lowest BCUT2D eigenvalue weighted by molar-refractivity contribution is -0.178. The molecule has 0 amide bonds. The second kappa shape index (κ2) is 8.36. The summed E-state index contributed by atoms with van der Waals surface area (Å²) >= 11 is 0. The Balaban J connectivity index is 2.88. The van der Waals surface area contributed by atoms with Crippen LogP contribution >= 0.6 is 0 Å². The Hall–Kier alpha value is -0.530. The van der Waals surface area contributed by atoms with Gasteiger partial charge in [0.1, 0.15) is 5.60 Å². The number of hydrogen-bond donors (Lipinski definition) is 0. The first-order valence-corrected chi connectivity index (χ1v) is 9.49. The Labute approximate surface area is 138 Å². The molecule has 0 spiro atoms. The zero-order valence-corrected chi connectivity index (χ0v) is 15.8.